The molecule has 1 unspecified atom stereocenters. The number of rotatable bonds is 6. The number of fused-ring (bicyclic) bond motifs is 1. The van der Waals surface area contributed by atoms with Crippen LogP contribution in [-0.4, -0.2) is 50.4 Å². The molecule has 1 amide bonds. The van der Waals surface area contributed by atoms with Gasteiger partial charge >= 0.3 is 19.7 Å². The third-order valence-corrected chi connectivity index (χ3v) is 6.22. The van der Waals surface area contributed by atoms with Gasteiger partial charge in [-0.1, -0.05) is 6.07 Å². The highest BCUT2D eigenvalue weighted by atomic mass is 31.2. The van der Waals surface area contributed by atoms with Crippen molar-refractivity contribution in [2.45, 2.75) is 32.9 Å². The largest absolute Gasteiger partial charge is 0.467 e. The van der Waals surface area contributed by atoms with Gasteiger partial charge in [-0.05, 0) is 37.1 Å². The Hall–Kier alpha value is -1.89. The minimum Gasteiger partial charge on any atom is -0.467 e. The zero-order chi connectivity index (χ0) is 19.3. The molecule has 0 radical (unpaired) electrons. The van der Waals surface area contributed by atoms with Crippen LogP contribution in [0.4, 0.5) is 4.79 Å². The Morgan fingerprint density at radius 2 is 1.77 bits per heavy atom. The maximum atomic E-state index is 13.0. The first kappa shape index (κ1) is 20.4. The Morgan fingerprint density at radius 3 is 2.31 bits per heavy atom. The molecule has 0 fully saturated rings. The summed E-state index contributed by atoms with van der Waals surface area (Å²) in [4.78, 5) is 25.4. The van der Waals surface area contributed by atoms with Crippen LogP contribution < -0.4 is 5.30 Å². The first-order valence-electron chi connectivity index (χ1n) is 8.34. The molecule has 8 nitrogen and oxygen atoms in total. The van der Waals surface area contributed by atoms with Crippen molar-refractivity contribution in [2.75, 3.05) is 27.4 Å². The fourth-order valence-corrected chi connectivity index (χ4v) is 4.55. The highest BCUT2D eigenvalue weighted by Crippen LogP contribution is 2.47. The highest BCUT2D eigenvalue weighted by molar-refractivity contribution is 7.62. The van der Waals surface area contributed by atoms with Crippen molar-refractivity contribution in [3.05, 3.63) is 29.3 Å². The number of esters is 1. The van der Waals surface area contributed by atoms with E-state index >= 15 is 0 Å². The molecule has 0 aliphatic carbocycles. The molecular weight excluding hydrogens is 361 g/mol. The quantitative estimate of drug-likeness (QED) is 0.548. The van der Waals surface area contributed by atoms with Gasteiger partial charge in [0, 0.05) is 6.42 Å². The minimum absolute atomic E-state index is 0.133. The predicted octanol–water partition coefficient (Wildman–Crippen LogP) is 2.24. The molecule has 0 saturated heterocycles. The number of amides is 1. The summed E-state index contributed by atoms with van der Waals surface area (Å²) in [5.41, 5.74) is 1.62. The number of hydrogen-bond acceptors (Lipinski definition) is 7. The van der Waals surface area contributed by atoms with Crippen molar-refractivity contribution in [1.29, 1.82) is 0 Å². The van der Waals surface area contributed by atoms with Crippen LogP contribution in [0.3, 0.4) is 0 Å². The molecule has 0 bridgehead atoms. The maximum absolute atomic E-state index is 13.0. The number of nitrogens with zero attached hydrogens (tertiary/aromatic N) is 1. The van der Waals surface area contributed by atoms with E-state index in [1.54, 1.807) is 32.0 Å². The van der Waals surface area contributed by atoms with E-state index < -0.39 is 25.7 Å². The van der Waals surface area contributed by atoms with Gasteiger partial charge in [-0.2, -0.15) is 0 Å². The summed E-state index contributed by atoms with van der Waals surface area (Å²) in [5.74, 6) is -0.514. The van der Waals surface area contributed by atoms with Crippen molar-refractivity contribution in [2.24, 2.45) is 0 Å². The van der Waals surface area contributed by atoms with Gasteiger partial charge in [0.05, 0.1) is 39.3 Å². The zero-order valence-electron chi connectivity index (χ0n) is 15.4. The van der Waals surface area contributed by atoms with Gasteiger partial charge in [-0.15, -0.1) is 0 Å². The molecule has 1 aliphatic rings. The number of carbonyl (C=O) groups excluding carboxylic acids is 2. The summed E-state index contributed by atoms with van der Waals surface area (Å²) in [6.07, 6.45) is -0.348. The number of methoxy groups -OCH3 is 2. The molecule has 0 N–H and O–H groups in total. The molecule has 1 aliphatic heterocycles. The minimum atomic E-state index is -3.43. The summed E-state index contributed by atoms with van der Waals surface area (Å²) in [6, 6.07) is 4.38. The second-order valence-corrected chi connectivity index (χ2v) is 7.65. The lowest BCUT2D eigenvalue weighted by molar-refractivity contribution is -0.146. The third kappa shape index (κ3) is 4.09. The van der Waals surface area contributed by atoms with Gasteiger partial charge in [0.2, 0.25) is 0 Å². The SMILES string of the molecule is CCOP(=O)(OCC)c1ccc2c(c1)CN(C(=O)OC)C(C(=O)OC)C2. The number of ether oxygens (including phenoxy) is 2. The summed E-state index contributed by atoms with van der Waals surface area (Å²) in [6.45, 7) is 4.10. The average Bonchev–Trinajstić information content (AvgIpc) is 2.65. The lowest BCUT2D eigenvalue weighted by atomic mass is 9.94. The van der Waals surface area contributed by atoms with E-state index in [-0.39, 0.29) is 26.2 Å². The van der Waals surface area contributed by atoms with Crippen molar-refractivity contribution in [1.82, 2.24) is 4.90 Å². The molecular formula is C17H24NO7P. The average molecular weight is 385 g/mol. The number of carbonyl (C=O) groups is 2. The van der Waals surface area contributed by atoms with E-state index in [1.165, 1.54) is 19.1 Å². The summed E-state index contributed by atoms with van der Waals surface area (Å²) >= 11 is 0. The predicted molar refractivity (Wildman–Crippen MR) is 94.4 cm³/mol. The lowest BCUT2D eigenvalue weighted by Crippen LogP contribution is -2.49. The molecule has 1 heterocycles. The van der Waals surface area contributed by atoms with Crippen LogP contribution in [0, 0.1) is 0 Å². The van der Waals surface area contributed by atoms with Crippen LogP contribution >= 0.6 is 7.60 Å². The molecule has 0 aromatic heterocycles. The molecule has 0 spiro atoms. The van der Waals surface area contributed by atoms with Gasteiger partial charge in [-0.25, -0.2) is 9.59 Å². The first-order chi connectivity index (χ1) is 12.4. The highest BCUT2D eigenvalue weighted by Gasteiger charge is 2.37. The summed E-state index contributed by atoms with van der Waals surface area (Å²) in [7, 11) is -0.909. The Labute approximate surface area is 152 Å². The Morgan fingerprint density at radius 1 is 1.12 bits per heavy atom. The summed E-state index contributed by atoms with van der Waals surface area (Å²) in [5, 5.41) is 0.418. The van der Waals surface area contributed by atoms with E-state index in [1.807, 2.05) is 0 Å². The Bertz CT molecular complexity index is 711. The van der Waals surface area contributed by atoms with Crippen LogP contribution in [0.1, 0.15) is 25.0 Å². The van der Waals surface area contributed by atoms with Crippen LogP contribution in [0.15, 0.2) is 18.2 Å². The van der Waals surface area contributed by atoms with E-state index in [9.17, 15) is 14.2 Å². The van der Waals surface area contributed by atoms with Crippen LogP contribution in [0.5, 0.6) is 0 Å². The molecule has 144 valence electrons. The maximum Gasteiger partial charge on any atom is 0.410 e. The summed E-state index contributed by atoms with van der Waals surface area (Å²) < 4.78 is 33.3. The van der Waals surface area contributed by atoms with E-state index in [4.69, 9.17) is 18.5 Å². The first-order valence-corrected chi connectivity index (χ1v) is 9.88. The van der Waals surface area contributed by atoms with Crippen molar-refractivity contribution in [3.8, 4) is 0 Å². The molecule has 9 heteroatoms. The smallest absolute Gasteiger partial charge is 0.410 e. The van der Waals surface area contributed by atoms with Gasteiger partial charge in [-0.3, -0.25) is 9.46 Å². The van der Waals surface area contributed by atoms with Crippen LogP contribution in [0.2, 0.25) is 0 Å². The van der Waals surface area contributed by atoms with E-state index in [0.29, 0.717) is 5.30 Å². The van der Waals surface area contributed by atoms with Gasteiger partial charge in [0.15, 0.2) is 0 Å². The van der Waals surface area contributed by atoms with Crippen molar-refractivity contribution < 1.29 is 32.7 Å². The third-order valence-electron chi connectivity index (χ3n) is 4.12. The van der Waals surface area contributed by atoms with E-state index in [2.05, 4.69) is 0 Å². The zero-order valence-corrected chi connectivity index (χ0v) is 16.3. The molecule has 1 aromatic rings. The number of benzene rings is 1. The molecule has 26 heavy (non-hydrogen) atoms. The topological polar surface area (TPSA) is 91.4 Å². The monoisotopic (exact) mass is 385 g/mol. The fraction of sp³-hybridized carbons (Fsp3) is 0.529. The van der Waals surface area contributed by atoms with Crippen molar-refractivity contribution in [3.63, 3.8) is 0 Å². The van der Waals surface area contributed by atoms with Gasteiger partial charge in [0.25, 0.3) is 0 Å². The standard InChI is InChI=1S/C17H24NO7P/c1-5-24-26(21,25-6-2)14-8-7-12-10-15(16(19)22-3)18(17(20)23-4)11-13(12)9-14/h7-9,15H,5-6,10-11H2,1-4H3. The molecule has 1 atom stereocenters. The normalized spacial score (nSPS) is 16.8. The fourth-order valence-electron chi connectivity index (χ4n) is 2.92. The Kier molecular flexibility index (Phi) is 6.81. The van der Waals surface area contributed by atoms with Gasteiger partial charge < -0.3 is 18.5 Å². The van der Waals surface area contributed by atoms with Gasteiger partial charge in [0.1, 0.15) is 6.04 Å². The van der Waals surface area contributed by atoms with E-state index in [0.717, 1.165) is 11.1 Å². The Balaban J connectivity index is 2.42. The second kappa shape index (κ2) is 8.66. The molecule has 1 aromatic carbocycles. The van der Waals surface area contributed by atoms with Crippen LogP contribution in [0.25, 0.3) is 0 Å². The molecule has 0 saturated carbocycles. The van der Waals surface area contributed by atoms with Crippen LogP contribution in [-0.2, 0) is 40.8 Å². The molecule has 2 rings (SSSR count). The van der Waals surface area contributed by atoms with Crippen molar-refractivity contribution >= 4 is 25.0 Å². The lowest BCUT2D eigenvalue weighted by Gasteiger charge is -2.34. The number of hydrogen-bond donors (Lipinski definition) is 0. The second-order valence-electron chi connectivity index (χ2n) is 5.63.